The average Bonchev–Trinajstić information content (AvgIpc) is 2.91. The van der Waals surface area contributed by atoms with Crippen molar-refractivity contribution in [1.29, 1.82) is 0 Å². The van der Waals surface area contributed by atoms with Crippen LogP contribution in [0.4, 0.5) is 5.69 Å². The molecule has 2 rings (SSSR count). The zero-order chi connectivity index (χ0) is 15.9. The Morgan fingerprint density at radius 2 is 2.00 bits per heavy atom. The number of ether oxygens (including phenoxy) is 1. The summed E-state index contributed by atoms with van der Waals surface area (Å²) >= 11 is -0.00868. The second-order valence-corrected chi connectivity index (χ2v) is 7.36. The number of hydrogen-bond acceptors (Lipinski definition) is 3. The Morgan fingerprint density at radius 1 is 1.18 bits per heavy atom. The number of carbonyl (C=O) groups excluding carboxylic acids is 2. The summed E-state index contributed by atoms with van der Waals surface area (Å²) in [4.78, 5) is 23.6. The van der Waals surface area contributed by atoms with Crippen molar-refractivity contribution in [1.82, 2.24) is 0 Å². The molecule has 0 aliphatic carbocycles. The molecule has 0 unspecified atom stereocenters. The Hall–Kier alpha value is -1.58. The van der Waals surface area contributed by atoms with Crippen molar-refractivity contribution in [3.8, 4) is 0 Å². The van der Waals surface area contributed by atoms with Crippen molar-refractivity contribution < 1.29 is 14.3 Å². The van der Waals surface area contributed by atoms with E-state index in [1.807, 2.05) is 24.3 Å². The first kappa shape index (κ1) is 16.8. The van der Waals surface area contributed by atoms with Crippen molar-refractivity contribution in [2.45, 2.75) is 39.5 Å². The number of unbranched alkanes of at least 4 members (excludes halogenated alkanes) is 2. The van der Waals surface area contributed by atoms with E-state index < -0.39 is 0 Å². The third-order valence-corrected chi connectivity index (χ3v) is 5.58. The SMILES string of the molecule is CCCCCC(=O)Nc1ccc2[se]c(C(=O)OCC)cc2c1. The average molecular weight is 366 g/mol. The molecule has 0 saturated heterocycles. The van der Waals surface area contributed by atoms with Crippen LogP contribution in [0.3, 0.4) is 0 Å². The number of amides is 1. The van der Waals surface area contributed by atoms with E-state index in [-0.39, 0.29) is 26.4 Å². The molecule has 0 spiro atoms. The van der Waals surface area contributed by atoms with Gasteiger partial charge in [-0.2, -0.15) is 0 Å². The molecule has 0 aliphatic heterocycles. The van der Waals surface area contributed by atoms with Gasteiger partial charge in [0.1, 0.15) is 0 Å². The predicted molar refractivity (Wildman–Crippen MR) is 89.6 cm³/mol. The van der Waals surface area contributed by atoms with Gasteiger partial charge in [0.05, 0.1) is 0 Å². The van der Waals surface area contributed by atoms with Gasteiger partial charge in [0.25, 0.3) is 0 Å². The Morgan fingerprint density at radius 3 is 2.73 bits per heavy atom. The number of carbonyl (C=O) groups is 2. The molecule has 0 aliphatic rings. The maximum absolute atomic E-state index is 11.8. The first-order chi connectivity index (χ1) is 10.6. The van der Waals surface area contributed by atoms with Crippen LogP contribution in [-0.2, 0) is 9.53 Å². The van der Waals surface area contributed by atoms with E-state index >= 15 is 0 Å². The van der Waals surface area contributed by atoms with Gasteiger partial charge in [0.2, 0.25) is 0 Å². The fourth-order valence-corrected chi connectivity index (χ4v) is 4.15. The summed E-state index contributed by atoms with van der Waals surface area (Å²) < 4.78 is 6.93. The van der Waals surface area contributed by atoms with Gasteiger partial charge in [-0.25, -0.2) is 0 Å². The maximum atomic E-state index is 11.8. The molecule has 2 aromatic rings. The van der Waals surface area contributed by atoms with Gasteiger partial charge in [0.15, 0.2) is 0 Å². The van der Waals surface area contributed by atoms with E-state index in [1.165, 1.54) is 0 Å². The van der Waals surface area contributed by atoms with E-state index in [2.05, 4.69) is 12.2 Å². The standard InChI is InChI=1S/C17H21NO3Se/c1-3-5-6-7-16(19)18-13-8-9-14-12(10-13)11-15(22-14)17(20)21-4-2/h8-11H,3-7H2,1-2H3,(H,18,19). The summed E-state index contributed by atoms with van der Waals surface area (Å²) in [6.45, 7) is 4.31. The van der Waals surface area contributed by atoms with Crippen LogP contribution in [0.2, 0.25) is 0 Å². The number of esters is 1. The Bertz CT molecular complexity index is 663. The molecule has 1 aromatic heterocycles. The normalized spacial score (nSPS) is 10.6. The van der Waals surface area contributed by atoms with Crippen molar-refractivity contribution in [2.75, 3.05) is 11.9 Å². The fraction of sp³-hybridized carbons (Fsp3) is 0.412. The summed E-state index contributed by atoms with van der Waals surface area (Å²) in [5.41, 5.74) is 0.789. The second-order valence-electron chi connectivity index (χ2n) is 5.09. The molecule has 1 amide bonds. The van der Waals surface area contributed by atoms with Crippen molar-refractivity contribution in [2.24, 2.45) is 0 Å². The predicted octanol–water partition coefficient (Wildman–Crippen LogP) is 3.59. The molecule has 22 heavy (non-hydrogen) atoms. The van der Waals surface area contributed by atoms with Crippen molar-refractivity contribution in [3.63, 3.8) is 0 Å². The van der Waals surface area contributed by atoms with Crippen LogP contribution < -0.4 is 5.32 Å². The topological polar surface area (TPSA) is 55.4 Å². The van der Waals surface area contributed by atoms with Crippen LogP contribution in [0, 0.1) is 0 Å². The second kappa shape index (κ2) is 8.16. The minimum atomic E-state index is -0.233. The first-order valence-corrected chi connectivity index (χ1v) is 9.36. The summed E-state index contributed by atoms with van der Waals surface area (Å²) in [5, 5.41) is 3.93. The van der Waals surface area contributed by atoms with Gasteiger partial charge in [-0.05, 0) is 0 Å². The van der Waals surface area contributed by atoms with E-state index in [0.717, 1.165) is 39.0 Å². The molecule has 0 saturated carbocycles. The van der Waals surface area contributed by atoms with Crippen LogP contribution >= 0.6 is 0 Å². The zero-order valence-electron chi connectivity index (χ0n) is 13.0. The van der Waals surface area contributed by atoms with Gasteiger partial charge in [0, 0.05) is 0 Å². The van der Waals surface area contributed by atoms with Gasteiger partial charge in [-0.1, -0.05) is 0 Å². The van der Waals surface area contributed by atoms with E-state index in [1.54, 1.807) is 6.92 Å². The summed E-state index contributed by atoms with van der Waals surface area (Å²) in [5.74, 6) is -0.185. The minimum absolute atomic E-state index is 0.00868. The van der Waals surface area contributed by atoms with Gasteiger partial charge in [-0.15, -0.1) is 0 Å². The van der Waals surface area contributed by atoms with Crippen molar-refractivity contribution in [3.05, 3.63) is 28.7 Å². The Labute approximate surface area is 136 Å². The first-order valence-electron chi connectivity index (χ1n) is 7.64. The zero-order valence-corrected chi connectivity index (χ0v) is 14.7. The van der Waals surface area contributed by atoms with E-state index in [0.29, 0.717) is 13.0 Å². The molecule has 1 N–H and O–H groups in total. The third kappa shape index (κ3) is 4.46. The summed E-state index contributed by atoms with van der Waals surface area (Å²) in [6, 6.07) is 7.70. The third-order valence-electron chi connectivity index (χ3n) is 3.28. The molecule has 0 radical (unpaired) electrons. The van der Waals surface area contributed by atoms with Crippen LogP contribution in [-0.4, -0.2) is 33.0 Å². The van der Waals surface area contributed by atoms with E-state index in [4.69, 9.17) is 4.74 Å². The number of rotatable bonds is 7. The van der Waals surface area contributed by atoms with Crippen LogP contribution in [0.1, 0.15) is 48.8 Å². The molecule has 118 valence electrons. The molecule has 0 bridgehead atoms. The number of fused-ring (bicyclic) bond motifs is 1. The summed E-state index contributed by atoms with van der Waals surface area (Å²) in [7, 11) is 0. The summed E-state index contributed by atoms with van der Waals surface area (Å²) in [6.07, 6.45) is 3.66. The number of hydrogen-bond donors (Lipinski definition) is 1. The molecule has 1 heterocycles. The Balaban J connectivity index is 2.06. The molecule has 5 heteroatoms. The quantitative estimate of drug-likeness (QED) is 0.463. The van der Waals surface area contributed by atoms with Crippen LogP contribution in [0.15, 0.2) is 24.3 Å². The number of anilines is 1. The number of benzene rings is 1. The molecule has 1 aromatic carbocycles. The van der Waals surface area contributed by atoms with Crippen LogP contribution in [0.25, 0.3) is 9.65 Å². The molecular formula is C17H21NO3Se. The van der Waals surface area contributed by atoms with Gasteiger partial charge < -0.3 is 0 Å². The fourth-order valence-electron chi connectivity index (χ4n) is 2.18. The van der Waals surface area contributed by atoms with Crippen LogP contribution in [0.5, 0.6) is 0 Å². The molecule has 4 nitrogen and oxygen atoms in total. The molecule has 0 fully saturated rings. The Kier molecular flexibility index (Phi) is 6.22. The van der Waals surface area contributed by atoms with Crippen molar-refractivity contribution >= 4 is 41.7 Å². The van der Waals surface area contributed by atoms with Gasteiger partial charge >= 0.3 is 136 Å². The molecular weight excluding hydrogens is 345 g/mol. The number of nitrogens with one attached hydrogen (secondary N) is 1. The van der Waals surface area contributed by atoms with E-state index in [9.17, 15) is 9.59 Å². The van der Waals surface area contributed by atoms with Gasteiger partial charge in [-0.3, -0.25) is 0 Å². The molecule has 0 atom stereocenters. The monoisotopic (exact) mass is 367 g/mol.